The third-order valence-corrected chi connectivity index (χ3v) is 4.42. The highest BCUT2D eigenvalue weighted by molar-refractivity contribution is 6.32. The van der Waals surface area contributed by atoms with Crippen LogP contribution in [0.15, 0.2) is 60.7 Å². The topological polar surface area (TPSA) is 91.8 Å². The summed E-state index contributed by atoms with van der Waals surface area (Å²) in [6, 6.07) is 13.1. The summed E-state index contributed by atoms with van der Waals surface area (Å²) >= 11 is 6.05. The average molecular weight is 444 g/mol. The fraction of sp³-hybridized carbons (Fsp3) is 0.0952. The number of carbonyl (C=O) groups is 1. The Bertz CT molecular complexity index is 1130. The molecule has 4 rings (SSSR count). The second kappa shape index (κ2) is 9.41. The van der Waals surface area contributed by atoms with E-state index in [0.29, 0.717) is 18.5 Å². The first-order valence-electron chi connectivity index (χ1n) is 9.07. The van der Waals surface area contributed by atoms with Crippen LogP contribution in [0.3, 0.4) is 0 Å². The van der Waals surface area contributed by atoms with Gasteiger partial charge >= 0.3 is 0 Å². The molecule has 2 heterocycles. The number of hydrogen-bond donors (Lipinski definition) is 1. The van der Waals surface area contributed by atoms with E-state index in [1.165, 1.54) is 0 Å². The van der Waals surface area contributed by atoms with Gasteiger partial charge in [-0.2, -0.15) is 14.4 Å². The average Bonchev–Trinajstić information content (AvgIpc) is 2.80. The molecule has 0 unspecified atom stereocenters. The molecule has 0 aliphatic carbocycles. The largest absolute Gasteiger partial charge is 0.475 e. The van der Waals surface area contributed by atoms with E-state index in [2.05, 4.69) is 15.4 Å². The first kappa shape index (κ1) is 20.6. The lowest BCUT2D eigenvalue weighted by Gasteiger charge is -2.20. The number of allylic oxidation sites excluding steroid dienone is 1. The minimum absolute atomic E-state index is 0.128. The molecule has 2 aromatic carbocycles. The summed E-state index contributed by atoms with van der Waals surface area (Å²) in [4.78, 5) is 24.5. The van der Waals surface area contributed by atoms with Crippen molar-refractivity contribution in [3.05, 3.63) is 77.1 Å². The van der Waals surface area contributed by atoms with Crippen LogP contribution in [-0.2, 0) is 14.4 Å². The van der Waals surface area contributed by atoms with E-state index in [0.717, 1.165) is 6.33 Å². The number of para-hydroxylation sites is 2. The molecule has 1 aliphatic rings. The summed E-state index contributed by atoms with van der Waals surface area (Å²) in [7, 11) is 0. The molecule has 10 heteroatoms. The molecule has 31 heavy (non-hydrogen) atoms. The molecule has 0 atom stereocenters. The van der Waals surface area contributed by atoms with Crippen molar-refractivity contribution in [1.29, 1.82) is 0 Å². The Morgan fingerprint density at radius 1 is 1.03 bits per heavy atom. The Hall–Kier alpha value is -3.69. The quantitative estimate of drug-likeness (QED) is 0.446. The zero-order valence-electron chi connectivity index (χ0n) is 15.9. The van der Waals surface area contributed by atoms with E-state index in [-0.39, 0.29) is 40.5 Å². The summed E-state index contributed by atoms with van der Waals surface area (Å²) < 4.78 is 31.6. The molecule has 1 aromatic heterocycles. The lowest BCUT2D eigenvalue weighted by atomic mass is 10.1. The molecule has 8 nitrogen and oxygen atoms in total. The van der Waals surface area contributed by atoms with Crippen LogP contribution in [0.25, 0.3) is 5.57 Å². The standard InChI is InChI=1S/C21H15ClFN3O5/c22-15-6-2-4-8-17(15)31-21-18(23)20(24-12-25-21)30-16-7-3-1-5-13(16)14(11-27)19-26-29-10-9-28-19/h1-8,11-12,26H,9-10H2. The van der Waals surface area contributed by atoms with Crippen LogP contribution >= 0.6 is 11.6 Å². The summed E-state index contributed by atoms with van der Waals surface area (Å²) in [5, 5.41) is 0.290. The molecular weight excluding hydrogens is 429 g/mol. The van der Waals surface area contributed by atoms with E-state index in [9.17, 15) is 9.18 Å². The van der Waals surface area contributed by atoms with Crippen molar-refractivity contribution in [1.82, 2.24) is 15.4 Å². The van der Waals surface area contributed by atoms with Gasteiger partial charge in [-0.1, -0.05) is 41.9 Å². The van der Waals surface area contributed by atoms with E-state index in [4.69, 9.17) is 30.6 Å². The first-order chi connectivity index (χ1) is 15.2. The van der Waals surface area contributed by atoms with Gasteiger partial charge < -0.3 is 14.2 Å². The number of benzene rings is 2. The van der Waals surface area contributed by atoms with Crippen LogP contribution in [0.2, 0.25) is 5.02 Å². The van der Waals surface area contributed by atoms with Crippen LogP contribution < -0.4 is 15.0 Å². The molecule has 1 saturated heterocycles. The van der Waals surface area contributed by atoms with Crippen LogP contribution in [-0.4, -0.2) is 29.5 Å². The predicted octanol–water partition coefficient (Wildman–Crippen LogP) is 4.27. The van der Waals surface area contributed by atoms with E-state index in [1.54, 1.807) is 48.5 Å². The van der Waals surface area contributed by atoms with Gasteiger partial charge in [0.2, 0.25) is 11.7 Å². The SMILES string of the molecule is O=CC(=C1NOCCO1)c1ccccc1Oc1ncnc(Oc2ccccc2Cl)c1F. The molecule has 0 amide bonds. The van der Waals surface area contributed by atoms with Gasteiger partial charge in [0.1, 0.15) is 31.0 Å². The number of aldehydes is 1. The van der Waals surface area contributed by atoms with Gasteiger partial charge in [-0.3, -0.25) is 9.63 Å². The number of aromatic nitrogens is 2. The maximum absolute atomic E-state index is 15.0. The lowest BCUT2D eigenvalue weighted by molar-refractivity contribution is -0.104. The minimum Gasteiger partial charge on any atom is -0.475 e. The minimum atomic E-state index is -0.937. The van der Waals surface area contributed by atoms with Gasteiger partial charge in [-0.05, 0) is 18.2 Å². The molecule has 3 aromatic rings. The summed E-state index contributed by atoms with van der Waals surface area (Å²) in [6.07, 6.45) is 1.67. The molecule has 0 bridgehead atoms. The molecule has 0 saturated carbocycles. The van der Waals surface area contributed by atoms with Gasteiger partial charge in [-0.25, -0.2) is 5.48 Å². The summed E-state index contributed by atoms with van der Waals surface area (Å²) in [5.41, 5.74) is 3.03. The van der Waals surface area contributed by atoms with Crippen molar-refractivity contribution in [2.75, 3.05) is 13.2 Å². The number of hydrogen-bond acceptors (Lipinski definition) is 8. The molecule has 0 radical (unpaired) electrons. The van der Waals surface area contributed by atoms with E-state index >= 15 is 0 Å². The van der Waals surface area contributed by atoms with Crippen molar-refractivity contribution < 1.29 is 28.2 Å². The molecule has 158 valence electrons. The summed E-state index contributed by atoms with van der Waals surface area (Å²) in [5.74, 6) is -1.18. The Morgan fingerprint density at radius 3 is 2.39 bits per heavy atom. The molecule has 0 spiro atoms. The zero-order valence-corrected chi connectivity index (χ0v) is 16.6. The van der Waals surface area contributed by atoms with Gasteiger partial charge in [0.25, 0.3) is 11.8 Å². The second-order valence-electron chi connectivity index (χ2n) is 6.09. The van der Waals surface area contributed by atoms with E-state index in [1.807, 2.05) is 0 Å². The normalized spacial score (nSPS) is 14.8. The Kier molecular flexibility index (Phi) is 6.25. The fourth-order valence-electron chi connectivity index (χ4n) is 2.70. The predicted molar refractivity (Wildman–Crippen MR) is 108 cm³/mol. The second-order valence-corrected chi connectivity index (χ2v) is 6.50. The van der Waals surface area contributed by atoms with Crippen molar-refractivity contribution in [2.24, 2.45) is 0 Å². The van der Waals surface area contributed by atoms with E-state index < -0.39 is 11.7 Å². The van der Waals surface area contributed by atoms with Gasteiger partial charge in [0.15, 0.2) is 6.29 Å². The number of ether oxygens (including phenoxy) is 3. The van der Waals surface area contributed by atoms with Crippen LogP contribution in [0.1, 0.15) is 5.56 Å². The summed E-state index contributed by atoms with van der Waals surface area (Å²) in [6.45, 7) is 0.597. The zero-order chi connectivity index (χ0) is 21.6. The third-order valence-electron chi connectivity index (χ3n) is 4.11. The number of rotatable bonds is 6. The Morgan fingerprint density at radius 2 is 1.71 bits per heavy atom. The molecule has 1 fully saturated rings. The highest BCUT2D eigenvalue weighted by Gasteiger charge is 2.21. The fourth-order valence-corrected chi connectivity index (χ4v) is 2.87. The van der Waals surface area contributed by atoms with Gasteiger partial charge in [0.05, 0.1) is 10.6 Å². The number of nitrogens with one attached hydrogen (secondary N) is 1. The van der Waals surface area contributed by atoms with Crippen LogP contribution in [0, 0.1) is 5.82 Å². The molecular formula is C21H15ClFN3O5. The monoisotopic (exact) mass is 443 g/mol. The Labute approximate surface area is 181 Å². The number of hydroxylamine groups is 1. The maximum Gasteiger partial charge on any atom is 0.263 e. The van der Waals surface area contributed by atoms with Gasteiger partial charge in [-0.15, -0.1) is 0 Å². The maximum atomic E-state index is 15.0. The highest BCUT2D eigenvalue weighted by atomic mass is 35.5. The number of nitrogens with zero attached hydrogens (tertiary/aromatic N) is 2. The lowest BCUT2D eigenvalue weighted by Crippen LogP contribution is -2.27. The number of halogens is 2. The molecule has 1 aliphatic heterocycles. The van der Waals surface area contributed by atoms with Crippen molar-refractivity contribution in [2.45, 2.75) is 0 Å². The van der Waals surface area contributed by atoms with Crippen LogP contribution in [0.5, 0.6) is 23.3 Å². The smallest absolute Gasteiger partial charge is 0.263 e. The highest BCUT2D eigenvalue weighted by Crippen LogP contribution is 2.35. The number of carbonyl (C=O) groups excluding carboxylic acids is 1. The van der Waals surface area contributed by atoms with Crippen molar-refractivity contribution in [3.63, 3.8) is 0 Å². The van der Waals surface area contributed by atoms with Crippen molar-refractivity contribution >= 4 is 23.5 Å². The first-order valence-corrected chi connectivity index (χ1v) is 9.45. The van der Waals surface area contributed by atoms with Crippen molar-refractivity contribution in [3.8, 4) is 23.3 Å². The van der Waals surface area contributed by atoms with Crippen LogP contribution in [0.4, 0.5) is 4.39 Å². The third kappa shape index (κ3) is 4.57. The molecule has 1 N–H and O–H groups in total. The van der Waals surface area contributed by atoms with Gasteiger partial charge in [0, 0.05) is 5.56 Å². The Balaban J connectivity index is 1.66.